The Hall–Kier alpha value is -3.12. The fourth-order valence-electron chi connectivity index (χ4n) is 4.58. The minimum atomic E-state index is -0.580. The van der Waals surface area contributed by atoms with Crippen molar-refractivity contribution in [3.63, 3.8) is 0 Å². The number of carbonyl (C=O) groups is 1. The number of methoxy groups -OCH3 is 1. The lowest BCUT2D eigenvalue weighted by Crippen LogP contribution is -2.48. The molecule has 0 saturated heterocycles. The molecule has 4 N–H and O–H groups in total. The predicted octanol–water partition coefficient (Wildman–Crippen LogP) is 2.32. The summed E-state index contributed by atoms with van der Waals surface area (Å²) in [5, 5.41) is 20.8. The molecule has 2 aromatic heterocycles. The number of hydrogen-bond acceptors (Lipinski definition) is 9. The predicted molar refractivity (Wildman–Crippen MR) is 131 cm³/mol. The highest BCUT2D eigenvalue weighted by Crippen LogP contribution is 2.30. The van der Waals surface area contributed by atoms with Crippen LogP contribution < -0.4 is 25.4 Å². The van der Waals surface area contributed by atoms with Crippen molar-refractivity contribution in [2.45, 2.75) is 50.5 Å². The number of fused-ring (bicyclic) bond motifs is 2. The van der Waals surface area contributed by atoms with E-state index in [1.54, 1.807) is 18.3 Å². The van der Waals surface area contributed by atoms with Crippen molar-refractivity contribution in [1.29, 1.82) is 0 Å². The molecule has 3 aromatic rings. The Morgan fingerprint density at radius 2 is 2.14 bits per heavy atom. The first kappa shape index (κ1) is 24.6. The zero-order valence-corrected chi connectivity index (χ0v) is 20.3. The van der Waals surface area contributed by atoms with Gasteiger partial charge in [0.15, 0.2) is 12.4 Å². The summed E-state index contributed by atoms with van der Waals surface area (Å²) in [6.07, 6.45) is 3.10. The average molecular weight is 517 g/mol. The van der Waals surface area contributed by atoms with E-state index in [1.807, 2.05) is 0 Å². The van der Waals surface area contributed by atoms with Crippen LogP contribution in [0.15, 0.2) is 24.4 Å². The number of nitrogens with zero attached hydrogens (tertiary/aromatic N) is 3. The number of aromatic nitrogens is 3. The number of pyridine rings is 1. The highest BCUT2D eigenvalue weighted by Gasteiger charge is 2.29. The number of halogens is 2. The first-order valence-corrected chi connectivity index (χ1v) is 12.0. The second-order valence-electron chi connectivity index (χ2n) is 8.87. The van der Waals surface area contributed by atoms with Crippen LogP contribution in [0.5, 0.6) is 11.8 Å². The lowest BCUT2D eigenvalue weighted by atomic mass is 9.88. The molecule has 1 aromatic carbocycles. The van der Waals surface area contributed by atoms with Crippen LogP contribution in [-0.2, 0) is 17.9 Å². The summed E-state index contributed by atoms with van der Waals surface area (Å²) in [7, 11) is 1.51. The normalized spacial score (nSPS) is 21.6. The number of hydrogen-bond donors (Lipinski definition) is 4. The SMILES string of the molecule is COc1ccc2c(F)cc(Cl)c(CN[C@@H]3CC[C@@H](NCc4cnc5c(n4)NC(=O)CO5)[C@@H](O)C3)c2n1. The summed E-state index contributed by atoms with van der Waals surface area (Å²) in [5.74, 6) is 0.277. The van der Waals surface area contributed by atoms with Gasteiger partial charge in [0.2, 0.25) is 5.88 Å². The highest BCUT2D eigenvalue weighted by atomic mass is 35.5. The lowest BCUT2D eigenvalue weighted by molar-refractivity contribution is -0.118. The van der Waals surface area contributed by atoms with Gasteiger partial charge in [0.05, 0.1) is 35.6 Å². The van der Waals surface area contributed by atoms with E-state index in [9.17, 15) is 14.3 Å². The molecule has 0 radical (unpaired) electrons. The van der Waals surface area contributed by atoms with E-state index in [1.165, 1.54) is 13.2 Å². The Balaban J connectivity index is 1.18. The Kier molecular flexibility index (Phi) is 7.15. The molecule has 0 bridgehead atoms. The third kappa shape index (κ3) is 5.19. The molecule has 3 atom stereocenters. The quantitative estimate of drug-likeness (QED) is 0.373. The molecule has 10 nitrogen and oxygen atoms in total. The van der Waals surface area contributed by atoms with Gasteiger partial charge in [-0.2, -0.15) is 0 Å². The number of carbonyl (C=O) groups excluding carboxylic acids is 1. The first-order valence-electron chi connectivity index (χ1n) is 11.7. The maximum absolute atomic E-state index is 14.4. The van der Waals surface area contributed by atoms with E-state index in [2.05, 4.69) is 30.9 Å². The second-order valence-corrected chi connectivity index (χ2v) is 9.27. The van der Waals surface area contributed by atoms with Gasteiger partial charge in [-0.15, -0.1) is 0 Å². The summed E-state index contributed by atoms with van der Waals surface area (Å²) in [6, 6.07) is 4.47. The molecule has 1 aliphatic heterocycles. The first-order chi connectivity index (χ1) is 17.4. The number of rotatable bonds is 7. The van der Waals surface area contributed by atoms with Crippen LogP contribution in [0.1, 0.15) is 30.5 Å². The van der Waals surface area contributed by atoms with Gasteiger partial charge in [0.1, 0.15) is 5.82 Å². The Morgan fingerprint density at radius 1 is 1.28 bits per heavy atom. The third-order valence-electron chi connectivity index (χ3n) is 6.48. The molecule has 0 unspecified atom stereocenters. The van der Waals surface area contributed by atoms with Gasteiger partial charge in [0, 0.05) is 42.2 Å². The monoisotopic (exact) mass is 516 g/mol. The van der Waals surface area contributed by atoms with Crippen LogP contribution in [0.25, 0.3) is 10.9 Å². The number of nitrogens with one attached hydrogen (secondary N) is 3. The summed E-state index contributed by atoms with van der Waals surface area (Å²) in [6.45, 7) is 0.696. The molecule has 1 amide bonds. The third-order valence-corrected chi connectivity index (χ3v) is 6.82. The Labute approximate surface area is 211 Å². The number of anilines is 1. The Bertz CT molecular complexity index is 1300. The molecule has 190 valence electrons. The van der Waals surface area contributed by atoms with E-state index in [4.69, 9.17) is 21.1 Å². The maximum atomic E-state index is 14.4. The van der Waals surface area contributed by atoms with Gasteiger partial charge in [-0.3, -0.25) is 4.79 Å². The molecule has 1 fully saturated rings. The van der Waals surface area contributed by atoms with Crippen molar-refractivity contribution in [3.05, 3.63) is 46.5 Å². The van der Waals surface area contributed by atoms with Crippen LogP contribution in [-0.4, -0.2) is 57.9 Å². The van der Waals surface area contributed by atoms with Gasteiger partial charge < -0.3 is 30.5 Å². The lowest BCUT2D eigenvalue weighted by Gasteiger charge is -2.34. The molecule has 36 heavy (non-hydrogen) atoms. The zero-order valence-electron chi connectivity index (χ0n) is 19.6. The standard InChI is InChI=1S/C24H26ClFN6O4/c1-35-21-5-3-14-17(26)7-16(25)15(22(14)32-21)10-27-12-2-4-18(19(33)6-12)28-8-13-9-29-24-23(30-13)31-20(34)11-36-24/h3,5,7,9,12,18-19,27-28,33H,2,4,6,8,10-11H2,1H3,(H,30,31,34)/t12-,18-,19+/m1/s1. The van der Waals surface area contributed by atoms with Gasteiger partial charge in [-0.05, 0) is 31.4 Å². The van der Waals surface area contributed by atoms with Crippen LogP contribution in [0.4, 0.5) is 10.2 Å². The molecule has 1 saturated carbocycles. The topological polar surface area (TPSA) is 131 Å². The number of amides is 1. The summed E-state index contributed by atoms with van der Waals surface area (Å²) < 4.78 is 24.8. The van der Waals surface area contributed by atoms with Gasteiger partial charge >= 0.3 is 0 Å². The molecular weight excluding hydrogens is 491 g/mol. The number of ether oxygens (including phenoxy) is 2. The smallest absolute Gasteiger partial charge is 0.263 e. The number of aliphatic hydroxyl groups excluding tert-OH is 1. The Morgan fingerprint density at radius 3 is 2.94 bits per heavy atom. The van der Waals surface area contributed by atoms with Crippen molar-refractivity contribution in [1.82, 2.24) is 25.6 Å². The fourth-order valence-corrected chi connectivity index (χ4v) is 4.83. The highest BCUT2D eigenvalue weighted by molar-refractivity contribution is 6.32. The number of aliphatic hydroxyl groups is 1. The molecule has 12 heteroatoms. The minimum Gasteiger partial charge on any atom is -0.481 e. The van der Waals surface area contributed by atoms with Crippen LogP contribution >= 0.6 is 11.6 Å². The maximum Gasteiger partial charge on any atom is 0.263 e. The van der Waals surface area contributed by atoms with Crippen molar-refractivity contribution >= 4 is 34.2 Å². The fraction of sp³-hybridized carbons (Fsp3) is 0.417. The molecule has 0 spiro atoms. The van der Waals surface area contributed by atoms with E-state index in [-0.39, 0.29) is 29.6 Å². The van der Waals surface area contributed by atoms with E-state index < -0.39 is 11.9 Å². The summed E-state index contributed by atoms with van der Waals surface area (Å²) in [4.78, 5) is 24.5. The molecule has 2 aliphatic rings. The zero-order chi connectivity index (χ0) is 25.2. The van der Waals surface area contributed by atoms with Gasteiger partial charge in [0.25, 0.3) is 11.8 Å². The minimum absolute atomic E-state index is 0.0516. The molecular formula is C24H26ClFN6O4. The summed E-state index contributed by atoms with van der Waals surface area (Å²) >= 11 is 6.36. The molecule has 1 aliphatic carbocycles. The van der Waals surface area contributed by atoms with Crippen LogP contribution in [0.2, 0.25) is 5.02 Å². The van der Waals surface area contributed by atoms with E-state index in [0.29, 0.717) is 59.2 Å². The van der Waals surface area contributed by atoms with E-state index >= 15 is 0 Å². The van der Waals surface area contributed by atoms with Gasteiger partial charge in [-0.1, -0.05) is 11.6 Å². The van der Waals surface area contributed by atoms with Crippen molar-refractivity contribution < 1.29 is 23.8 Å². The van der Waals surface area contributed by atoms with E-state index in [0.717, 1.165) is 12.8 Å². The molecule has 5 rings (SSSR count). The largest absolute Gasteiger partial charge is 0.481 e. The summed E-state index contributed by atoms with van der Waals surface area (Å²) in [5.41, 5.74) is 1.77. The van der Waals surface area contributed by atoms with Crippen LogP contribution in [0.3, 0.4) is 0 Å². The van der Waals surface area contributed by atoms with Crippen molar-refractivity contribution in [2.75, 3.05) is 19.0 Å². The van der Waals surface area contributed by atoms with Crippen molar-refractivity contribution in [3.8, 4) is 11.8 Å². The number of benzene rings is 1. The average Bonchev–Trinajstić information content (AvgIpc) is 2.87. The van der Waals surface area contributed by atoms with Gasteiger partial charge in [-0.25, -0.2) is 19.3 Å². The van der Waals surface area contributed by atoms with Crippen molar-refractivity contribution in [2.24, 2.45) is 0 Å². The van der Waals surface area contributed by atoms with Crippen LogP contribution in [0, 0.1) is 5.82 Å². The second kappa shape index (κ2) is 10.5. The molecule has 3 heterocycles.